The molecule has 2 amide bonds. The summed E-state index contributed by atoms with van der Waals surface area (Å²) in [7, 11) is 0. The molecule has 1 fully saturated rings. The molecule has 1 saturated heterocycles. The average molecular weight is 410 g/mol. The van der Waals surface area contributed by atoms with E-state index in [1.165, 1.54) is 6.07 Å². The van der Waals surface area contributed by atoms with Crippen LogP contribution in [0.5, 0.6) is 0 Å². The lowest BCUT2D eigenvalue weighted by atomic mass is 10.1. The second-order valence-corrected chi connectivity index (χ2v) is 7.62. The molecule has 0 atom stereocenters. The number of nitrogens with zero attached hydrogens (tertiary/aromatic N) is 3. The van der Waals surface area contributed by atoms with Crippen LogP contribution >= 0.6 is 0 Å². The molecule has 0 aliphatic carbocycles. The van der Waals surface area contributed by atoms with Crippen LogP contribution in [0.1, 0.15) is 27.9 Å². The molecule has 0 saturated carbocycles. The molecular formula is C22H26N4O4. The second kappa shape index (κ2) is 9.49. The summed E-state index contributed by atoms with van der Waals surface area (Å²) in [5.74, 6) is -0.305. The van der Waals surface area contributed by atoms with Gasteiger partial charge < -0.3 is 10.2 Å². The van der Waals surface area contributed by atoms with E-state index in [0.717, 1.165) is 17.5 Å². The SMILES string of the molecule is Cc1cccc(C(=O)N2CCCN(CC(=O)Nc3ccc(C)cc3[N+](=O)[O-])CC2)c1. The normalized spacial score (nSPS) is 14.8. The third-order valence-electron chi connectivity index (χ3n) is 5.13. The minimum Gasteiger partial charge on any atom is -0.337 e. The summed E-state index contributed by atoms with van der Waals surface area (Å²) in [6.07, 6.45) is 0.759. The van der Waals surface area contributed by atoms with Crippen molar-refractivity contribution < 1.29 is 14.5 Å². The van der Waals surface area contributed by atoms with Gasteiger partial charge in [-0.3, -0.25) is 24.6 Å². The molecule has 0 radical (unpaired) electrons. The van der Waals surface area contributed by atoms with Gasteiger partial charge in [0.2, 0.25) is 5.91 Å². The molecule has 2 aromatic rings. The van der Waals surface area contributed by atoms with E-state index in [1.54, 1.807) is 19.1 Å². The standard InChI is InChI=1S/C22H26N4O4/c1-16-5-3-6-18(13-16)22(28)25-10-4-9-24(11-12-25)15-21(27)23-19-8-7-17(2)14-20(19)26(29)30/h3,5-8,13-14H,4,9-12,15H2,1-2H3,(H,23,27). The molecule has 0 aromatic heterocycles. The lowest BCUT2D eigenvalue weighted by Crippen LogP contribution is -2.38. The number of nitro groups is 1. The predicted octanol–water partition coefficient (Wildman–Crippen LogP) is 3.00. The zero-order chi connectivity index (χ0) is 21.7. The quantitative estimate of drug-likeness (QED) is 0.604. The number of carbonyl (C=O) groups is 2. The Morgan fingerprint density at radius 1 is 1.03 bits per heavy atom. The molecule has 30 heavy (non-hydrogen) atoms. The molecule has 158 valence electrons. The smallest absolute Gasteiger partial charge is 0.293 e. The van der Waals surface area contributed by atoms with Gasteiger partial charge in [-0.25, -0.2) is 0 Å². The van der Waals surface area contributed by atoms with Gasteiger partial charge in [-0.15, -0.1) is 0 Å². The van der Waals surface area contributed by atoms with Crippen LogP contribution in [0.4, 0.5) is 11.4 Å². The minimum absolute atomic E-state index is 0.000261. The summed E-state index contributed by atoms with van der Waals surface area (Å²) in [4.78, 5) is 39.8. The number of hydrogen-bond acceptors (Lipinski definition) is 5. The Morgan fingerprint density at radius 2 is 1.80 bits per heavy atom. The first kappa shape index (κ1) is 21.4. The molecule has 2 aromatic carbocycles. The highest BCUT2D eigenvalue weighted by atomic mass is 16.6. The fourth-order valence-corrected chi connectivity index (χ4v) is 3.58. The van der Waals surface area contributed by atoms with Crippen molar-refractivity contribution in [2.75, 3.05) is 38.0 Å². The van der Waals surface area contributed by atoms with E-state index >= 15 is 0 Å². The summed E-state index contributed by atoms with van der Waals surface area (Å²) in [5.41, 5.74) is 2.55. The number of aryl methyl sites for hydroxylation is 2. The van der Waals surface area contributed by atoms with Crippen LogP contribution in [0, 0.1) is 24.0 Å². The molecule has 1 heterocycles. The number of benzene rings is 2. The number of rotatable bonds is 5. The van der Waals surface area contributed by atoms with Crippen LogP contribution in [0.25, 0.3) is 0 Å². The largest absolute Gasteiger partial charge is 0.337 e. The fraction of sp³-hybridized carbons (Fsp3) is 0.364. The van der Waals surface area contributed by atoms with Crippen molar-refractivity contribution >= 4 is 23.2 Å². The van der Waals surface area contributed by atoms with E-state index in [2.05, 4.69) is 5.32 Å². The molecule has 1 N–H and O–H groups in total. The van der Waals surface area contributed by atoms with E-state index in [1.807, 2.05) is 41.0 Å². The Kier molecular flexibility index (Phi) is 6.79. The Hall–Kier alpha value is -3.26. The Balaban J connectivity index is 1.58. The molecule has 1 aliphatic rings. The number of nitro benzene ring substituents is 1. The van der Waals surface area contributed by atoms with E-state index in [-0.39, 0.29) is 29.7 Å². The highest BCUT2D eigenvalue weighted by Gasteiger charge is 2.22. The van der Waals surface area contributed by atoms with Crippen molar-refractivity contribution in [2.24, 2.45) is 0 Å². The molecular weight excluding hydrogens is 384 g/mol. The lowest BCUT2D eigenvalue weighted by Gasteiger charge is -2.22. The molecule has 8 heteroatoms. The van der Waals surface area contributed by atoms with Crippen LogP contribution < -0.4 is 5.32 Å². The maximum absolute atomic E-state index is 12.8. The maximum atomic E-state index is 12.8. The second-order valence-electron chi connectivity index (χ2n) is 7.62. The molecule has 0 spiro atoms. The van der Waals surface area contributed by atoms with Crippen LogP contribution in [-0.4, -0.2) is 59.3 Å². The maximum Gasteiger partial charge on any atom is 0.293 e. The average Bonchev–Trinajstić information content (AvgIpc) is 2.94. The van der Waals surface area contributed by atoms with E-state index in [9.17, 15) is 19.7 Å². The van der Waals surface area contributed by atoms with Crippen LogP contribution in [-0.2, 0) is 4.79 Å². The van der Waals surface area contributed by atoms with Crippen molar-refractivity contribution in [3.05, 3.63) is 69.3 Å². The van der Waals surface area contributed by atoms with Gasteiger partial charge in [0, 0.05) is 37.8 Å². The van der Waals surface area contributed by atoms with Crippen LogP contribution in [0.3, 0.4) is 0 Å². The molecule has 1 aliphatic heterocycles. The molecule has 0 bridgehead atoms. The zero-order valence-electron chi connectivity index (χ0n) is 17.3. The van der Waals surface area contributed by atoms with Gasteiger partial charge in [0.1, 0.15) is 5.69 Å². The monoisotopic (exact) mass is 410 g/mol. The van der Waals surface area contributed by atoms with Crippen LogP contribution in [0.2, 0.25) is 0 Å². The number of hydrogen-bond donors (Lipinski definition) is 1. The summed E-state index contributed by atoms with van der Waals surface area (Å²) < 4.78 is 0. The Bertz CT molecular complexity index is 960. The minimum atomic E-state index is -0.497. The summed E-state index contributed by atoms with van der Waals surface area (Å²) in [6, 6.07) is 12.3. The first-order chi connectivity index (χ1) is 14.3. The zero-order valence-corrected chi connectivity index (χ0v) is 17.3. The number of anilines is 1. The number of nitrogens with one attached hydrogen (secondary N) is 1. The topological polar surface area (TPSA) is 95.8 Å². The molecule has 8 nitrogen and oxygen atoms in total. The van der Waals surface area contributed by atoms with Crippen molar-refractivity contribution in [1.82, 2.24) is 9.80 Å². The van der Waals surface area contributed by atoms with Crippen molar-refractivity contribution in [1.29, 1.82) is 0 Å². The van der Waals surface area contributed by atoms with Gasteiger partial charge >= 0.3 is 0 Å². The highest BCUT2D eigenvalue weighted by molar-refractivity contribution is 5.95. The first-order valence-electron chi connectivity index (χ1n) is 9.96. The van der Waals surface area contributed by atoms with Gasteiger partial charge in [0.05, 0.1) is 11.5 Å². The Morgan fingerprint density at radius 3 is 2.53 bits per heavy atom. The summed E-state index contributed by atoms with van der Waals surface area (Å²) in [5, 5.41) is 13.9. The Labute approximate surface area is 175 Å². The summed E-state index contributed by atoms with van der Waals surface area (Å²) >= 11 is 0. The highest BCUT2D eigenvalue weighted by Crippen LogP contribution is 2.25. The van der Waals surface area contributed by atoms with E-state index < -0.39 is 4.92 Å². The van der Waals surface area contributed by atoms with Gasteiger partial charge in [-0.05, 0) is 44.0 Å². The van der Waals surface area contributed by atoms with Crippen molar-refractivity contribution in [3.63, 3.8) is 0 Å². The fourth-order valence-electron chi connectivity index (χ4n) is 3.58. The van der Waals surface area contributed by atoms with E-state index in [4.69, 9.17) is 0 Å². The summed E-state index contributed by atoms with van der Waals surface area (Å²) in [6.45, 7) is 6.26. The van der Waals surface area contributed by atoms with Gasteiger partial charge in [0.15, 0.2) is 0 Å². The van der Waals surface area contributed by atoms with Gasteiger partial charge in [-0.2, -0.15) is 0 Å². The molecule has 0 unspecified atom stereocenters. The van der Waals surface area contributed by atoms with E-state index in [0.29, 0.717) is 31.7 Å². The number of carbonyl (C=O) groups excluding carboxylic acids is 2. The first-order valence-corrected chi connectivity index (χ1v) is 9.96. The predicted molar refractivity (Wildman–Crippen MR) is 115 cm³/mol. The van der Waals surface area contributed by atoms with Gasteiger partial charge in [-0.1, -0.05) is 23.8 Å². The third kappa shape index (κ3) is 5.42. The third-order valence-corrected chi connectivity index (χ3v) is 5.13. The van der Waals surface area contributed by atoms with Gasteiger partial charge in [0.25, 0.3) is 11.6 Å². The van der Waals surface area contributed by atoms with Crippen LogP contribution in [0.15, 0.2) is 42.5 Å². The molecule has 3 rings (SSSR count). The van der Waals surface area contributed by atoms with Crippen molar-refractivity contribution in [3.8, 4) is 0 Å². The van der Waals surface area contributed by atoms with Crippen molar-refractivity contribution in [2.45, 2.75) is 20.3 Å². The number of amides is 2. The lowest BCUT2D eigenvalue weighted by molar-refractivity contribution is -0.384.